The van der Waals surface area contributed by atoms with Crippen molar-refractivity contribution in [3.05, 3.63) is 42.0 Å². The zero-order chi connectivity index (χ0) is 11.5. The molecule has 0 aliphatic carbocycles. The van der Waals surface area contributed by atoms with E-state index in [1.807, 2.05) is 6.92 Å². The second kappa shape index (κ2) is 4.40. The van der Waals surface area contributed by atoms with Crippen LogP contribution < -0.4 is 0 Å². The van der Waals surface area contributed by atoms with Crippen LogP contribution in [0.5, 0.6) is 0 Å². The Morgan fingerprint density at radius 3 is 2.69 bits per heavy atom. The number of aliphatic hydroxyl groups excluding tert-OH is 1. The summed E-state index contributed by atoms with van der Waals surface area (Å²) in [7, 11) is 0. The average Bonchev–Trinajstić information content (AvgIpc) is 2.78. The molecule has 0 saturated carbocycles. The minimum Gasteiger partial charge on any atom is -0.387 e. The maximum absolute atomic E-state index is 12.7. The van der Waals surface area contributed by atoms with E-state index in [-0.39, 0.29) is 5.82 Å². The highest BCUT2D eigenvalue weighted by Gasteiger charge is 2.10. The van der Waals surface area contributed by atoms with Crippen LogP contribution in [0.25, 0.3) is 5.69 Å². The number of aromatic nitrogens is 3. The molecule has 1 N–H and O–H groups in total. The van der Waals surface area contributed by atoms with Crippen LogP contribution in [0.15, 0.2) is 30.5 Å². The Hall–Kier alpha value is -1.75. The standard InChI is InChI=1S/C11H12FN3O/c1-2-11(16)10-7-15(14-13-10)9-5-3-8(12)4-6-9/h3-7,11,16H,2H2,1H3. The van der Waals surface area contributed by atoms with Crippen LogP contribution in [0.2, 0.25) is 0 Å². The molecule has 84 valence electrons. The molecule has 1 aromatic carbocycles. The molecule has 0 saturated heterocycles. The van der Waals surface area contributed by atoms with E-state index in [4.69, 9.17) is 0 Å². The summed E-state index contributed by atoms with van der Waals surface area (Å²) in [6.45, 7) is 1.86. The van der Waals surface area contributed by atoms with E-state index in [1.165, 1.54) is 16.8 Å². The van der Waals surface area contributed by atoms with E-state index in [0.29, 0.717) is 17.8 Å². The van der Waals surface area contributed by atoms with E-state index in [1.54, 1.807) is 18.3 Å². The quantitative estimate of drug-likeness (QED) is 0.860. The Morgan fingerprint density at radius 2 is 2.06 bits per heavy atom. The lowest BCUT2D eigenvalue weighted by atomic mass is 10.2. The highest BCUT2D eigenvalue weighted by atomic mass is 19.1. The summed E-state index contributed by atoms with van der Waals surface area (Å²) in [4.78, 5) is 0. The van der Waals surface area contributed by atoms with E-state index in [9.17, 15) is 9.50 Å². The lowest BCUT2D eigenvalue weighted by molar-refractivity contribution is 0.169. The first kappa shape index (κ1) is 10.8. The summed E-state index contributed by atoms with van der Waals surface area (Å²) in [5, 5.41) is 17.3. The van der Waals surface area contributed by atoms with Crippen molar-refractivity contribution >= 4 is 0 Å². The summed E-state index contributed by atoms with van der Waals surface area (Å²) in [6.07, 6.45) is 1.62. The van der Waals surface area contributed by atoms with Crippen LogP contribution in [0.4, 0.5) is 4.39 Å². The van der Waals surface area contributed by atoms with Crippen LogP contribution in [-0.4, -0.2) is 20.1 Å². The lowest BCUT2D eigenvalue weighted by Crippen LogP contribution is -1.95. The Balaban J connectivity index is 2.28. The van der Waals surface area contributed by atoms with Crippen molar-refractivity contribution in [2.24, 2.45) is 0 Å². The number of rotatable bonds is 3. The first-order valence-corrected chi connectivity index (χ1v) is 5.07. The van der Waals surface area contributed by atoms with Gasteiger partial charge in [0.2, 0.25) is 0 Å². The fraction of sp³-hybridized carbons (Fsp3) is 0.273. The molecule has 1 heterocycles. The Kier molecular flexibility index (Phi) is 2.96. The molecule has 2 aromatic rings. The molecule has 0 aliphatic rings. The van der Waals surface area contributed by atoms with Crippen LogP contribution in [0, 0.1) is 5.82 Å². The molecule has 0 spiro atoms. The van der Waals surface area contributed by atoms with Crippen molar-refractivity contribution in [2.75, 3.05) is 0 Å². The summed E-state index contributed by atoms with van der Waals surface area (Å²) in [5.41, 5.74) is 1.23. The zero-order valence-corrected chi connectivity index (χ0v) is 8.84. The van der Waals surface area contributed by atoms with Gasteiger partial charge in [0.05, 0.1) is 18.0 Å². The summed E-state index contributed by atoms with van der Waals surface area (Å²) < 4.78 is 14.2. The van der Waals surface area contributed by atoms with Crippen molar-refractivity contribution < 1.29 is 9.50 Å². The smallest absolute Gasteiger partial charge is 0.123 e. The summed E-state index contributed by atoms with van der Waals surface area (Å²) in [5.74, 6) is -0.294. The van der Waals surface area contributed by atoms with Crippen molar-refractivity contribution in [1.29, 1.82) is 0 Å². The molecule has 0 bridgehead atoms. The maximum atomic E-state index is 12.7. The number of hydrogen-bond acceptors (Lipinski definition) is 3. The number of nitrogens with zero attached hydrogens (tertiary/aromatic N) is 3. The Bertz CT molecular complexity index is 466. The minimum absolute atomic E-state index is 0.294. The van der Waals surface area contributed by atoms with Crippen LogP contribution >= 0.6 is 0 Å². The van der Waals surface area contributed by atoms with Gasteiger partial charge in [-0.3, -0.25) is 0 Å². The van der Waals surface area contributed by atoms with Crippen LogP contribution in [-0.2, 0) is 0 Å². The van der Waals surface area contributed by atoms with E-state index in [2.05, 4.69) is 10.3 Å². The monoisotopic (exact) mass is 221 g/mol. The highest BCUT2D eigenvalue weighted by Crippen LogP contribution is 2.14. The molecule has 5 heteroatoms. The Morgan fingerprint density at radius 1 is 1.38 bits per heavy atom. The van der Waals surface area contributed by atoms with Gasteiger partial charge in [-0.25, -0.2) is 9.07 Å². The third-order valence-electron chi connectivity index (χ3n) is 2.33. The Labute approximate surface area is 92.3 Å². The SMILES string of the molecule is CCC(O)c1cn(-c2ccc(F)cc2)nn1. The van der Waals surface area contributed by atoms with Gasteiger partial charge in [-0.15, -0.1) is 5.10 Å². The molecule has 1 unspecified atom stereocenters. The van der Waals surface area contributed by atoms with E-state index < -0.39 is 6.10 Å². The van der Waals surface area contributed by atoms with E-state index in [0.717, 1.165) is 0 Å². The molecule has 16 heavy (non-hydrogen) atoms. The van der Waals surface area contributed by atoms with Gasteiger partial charge in [0.1, 0.15) is 11.5 Å². The van der Waals surface area contributed by atoms with Gasteiger partial charge in [-0.1, -0.05) is 12.1 Å². The fourth-order valence-electron chi connectivity index (χ4n) is 1.36. The number of halogens is 1. The molecular formula is C11H12FN3O. The van der Waals surface area contributed by atoms with Gasteiger partial charge in [-0.2, -0.15) is 0 Å². The normalized spacial score (nSPS) is 12.7. The van der Waals surface area contributed by atoms with Gasteiger partial charge in [0.25, 0.3) is 0 Å². The number of aliphatic hydroxyl groups is 1. The molecule has 0 fully saturated rings. The third kappa shape index (κ3) is 2.09. The molecule has 2 rings (SSSR count). The van der Waals surface area contributed by atoms with E-state index >= 15 is 0 Å². The molecule has 1 atom stereocenters. The summed E-state index contributed by atoms with van der Waals surface area (Å²) >= 11 is 0. The first-order valence-electron chi connectivity index (χ1n) is 5.07. The minimum atomic E-state index is -0.603. The van der Waals surface area contributed by atoms with Crippen LogP contribution in [0.1, 0.15) is 25.1 Å². The van der Waals surface area contributed by atoms with Gasteiger partial charge in [-0.05, 0) is 30.7 Å². The van der Waals surface area contributed by atoms with Gasteiger partial charge in [0.15, 0.2) is 0 Å². The predicted octanol–water partition coefficient (Wildman–Crippen LogP) is 1.85. The molecule has 1 aromatic heterocycles. The topological polar surface area (TPSA) is 50.9 Å². The fourth-order valence-corrected chi connectivity index (χ4v) is 1.36. The second-order valence-electron chi connectivity index (χ2n) is 3.49. The molecule has 0 amide bonds. The van der Waals surface area contributed by atoms with Crippen molar-refractivity contribution in [3.63, 3.8) is 0 Å². The number of hydrogen-bond donors (Lipinski definition) is 1. The first-order chi connectivity index (χ1) is 7.70. The van der Waals surface area contributed by atoms with Crippen molar-refractivity contribution in [3.8, 4) is 5.69 Å². The van der Waals surface area contributed by atoms with Crippen LogP contribution in [0.3, 0.4) is 0 Å². The lowest BCUT2D eigenvalue weighted by Gasteiger charge is -2.01. The van der Waals surface area contributed by atoms with Gasteiger partial charge in [0, 0.05) is 0 Å². The molecule has 0 aliphatic heterocycles. The number of benzene rings is 1. The van der Waals surface area contributed by atoms with Crippen molar-refractivity contribution in [2.45, 2.75) is 19.4 Å². The largest absolute Gasteiger partial charge is 0.387 e. The molecular weight excluding hydrogens is 209 g/mol. The predicted molar refractivity (Wildman–Crippen MR) is 56.6 cm³/mol. The average molecular weight is 221 g/mol. The molecule has 0 radical (unpaired) electrons. The van der Waals surface area contributed by atoms with Crippen molar-refractivity contribution in [1.82, 2.24) is 15.0 Å². The van der Waals surface area contributed by atoms with Gasteiger partial charge < -0.3 is 5.11 Å². The second-order valence-corrected chi connectivity index (χ2v) is 3.49. The van der Waals surface area contributed by atoms with Gasteiger partial charge >= 0.3 is 0 Å². The summed E-state index contributed by atoms with van der Waals surface area (Å²) in [6, 6.07) is 5.91. The third-order valence-corrected chi connectivity index (χ3v) is 2.33. The maximum Gasteiger partial charge on any atom is 0.123 e. The zero-order valence-electron chi connectivity index (χ0n) is 8.84. The highest BCUT2D eigenvalue weighted by molar-refractivity contribution is 5.30. The molecule has 4 nitrogen and oxygen atoms in total.